The Morgan fingerprint density at radius 3 is 2.40 bits per heavy atom. The van der Waals surface area contributed by atoms with Crippen molar-refractivity contribution in [2.24, 2.45) is 0 Å². The molecule has 4 rings (SSSR count). The average Bonchev–Trinajstić information content (AvgIpc) is 3.19. The number of hydrogen-bond acceptors (Lipinski definition) is 6. The van der Waals surface area contributed by atoms with Crippen LogP contribution in [0, 0.1) is 0 Å². The zero-order valence-electron chi connectivity index (χ0n) is 20.3. The third-order valence-corrected chi connectivity index (χ3v) is 6.54. The minimum atomic E-state index is -0.428. The van der Waals surface area contributed by atoms with Crippen LogP contribution in [-0.2, 0) is 14.3 Å². The van der Waals surface area contributed by atoms with Crippen molar-refractivity contribution in [1.82, 2.24) is 9.80 Å². The van der Waals surface area contributed by atoms with Crippen LogP contribution in [0.25, 0.3) is 6.08 Å². The van der Waals surface area contributed by atoms with Crippen LogP contribution in [-0.4, -0.2) is 73.0 Å². The molecule has 1 atom stereocenters. The number of rotatable bonds is 9. The molecular formula is C28H33N3O4. The Bertz CT molecular complexity index is 1040. The van der Waals surface area contributed by atoms with Gasteiger partial charge in [-0.1, -0.05) is 55.8 Å². The van der Waals surface area contributed by atoms with Crippen molar-refractivity contribution in [1.29, 1.82) is 0 Å². The van der Waals surface area contributed by atoms with Gasteiger partial charge in [0.15, 0.2) is 0 Å². The zero-order valence-corrected chi connectivity index (χ0v) is 20.3. The molecule has 2 fully saturated rings. The first-order chi connectivity index (χ1) is 17.1. The smallest absolute Gasteiger partial charge is 0.338 e. The fourth-order valence-electron chi connectivity index (χ4n) is 4.47. The maximum atomic E-state index is 13.2. The molecule has 7 nitrogen and oxygen atoms in total. The molecule has 0 unspecified atom stereocenters. The van der Waals surface area contributed by atoms with E-state index in [2.05, 4.69) is 34.1 Å². The first kappa shape index (κ1) is 24.8. The monoisotopic (exact) mass is 475 g/mol. The normalized spacial score (nSPS) is 19.6. The molecule has 2 heterocycles. The van der Waals surface area contributed by atoms with E-state index in [4.69, 9.17) is 4.74 Å². The van der Waals surface area contributed by atoms with Crippen LogP contribution in [0.5, 0.6) is 0 Å². The van der Waals surface area contributed by atoms with E-state index < -0.39 is 12.0 Å². The Balaban J connectivity index is 1.29. The average molecular weight is 476 g/mol. The van der Waals surface area contributed by atoms with Gasteiger partial charge in [0.05, 0.1) is 30.3 Å². The van der Waals surface area contributed by atoms with Gasteiger partial charge in [0, 0.05) is 32.7 Å². The summed E-state index contributed by atoms with van der Waals surface area (Å²) in [6.45, 7) is 6.48. The SMILES string of the molecule is CCCCOC(=O)c1ccc(N2C(=O)C[C@@H](N3CCN(C/C=C/c4ccccc4)CC3)C2=O)cc1. The number of anilines is 1. The topological polar surface area (TPSA) is 70.2 Å². The molecule has 184 valence electrons. The maximum Gasteiger partial charge on any atom is 0.338 e. The van der Waals surface area contributed by atoms with Crippen LogP contribution >= 0.6 is 0 Å². The molecule has 2 aromatic rings. The summed E-state index contributed by atoms with van der Waals surface area (Å²) in [7, 11) is 0. The van der Waals surface area contributed by atoms with E-state index in [0.717, 1.165) is 45.6 Å². The molecule has 2 aliphatic rings. The second-order valence-electron chi connectivity index (χ2n) is 8.97. The predicted molar refractivity (Wildman–Crippen MR) is 136 cm³/mol. The number of unbranched alkanes of at least 4 members (excludes halogenated alkanes) is 1. The summed E-state index contributed by atoms with van der Waals surface area (Å²) < 4.78 is 5.23. The number of carbonyl (C=O) groups is 3. The lowest BCUT2D eigenvalue weighted by Gasteiger charge is -2.36. The highest BCUT2D eigenvalue weighted by Gasteiger charge is 2.43. The summed E-state index contributed by atoms with van der Waals surface area (Å²) in [6, 6.07) is 16.3. The summed E-state index contributed by atoms with van der Waals surface area (Å²) in [6.07, 6.45) is 6.25. The van der Waals surface area contributed by atoms with Crippen molar-refractivity contribution in [3.05, 3.63) is 71.8 Å². The molecule has 0 saturated carbocycles. The maximum absolute atomic E-state index is 13.2. The number of benzene rings is 2. The lowest BCUT2D eigenvalue weighted by Crippen LogP contribution is -2.52. The van der Waals surface area contributed by atoms with Gasteiger partial charge in [0.1, 0.15) is 0 Å². The highest BCUT2D eigenvalue weighted by Crippen LogP contribution is 2.27. The number of ether oxygens (including phenoxy) is 1. The number of amides is 2. The van der Waals surface area contributed by atoms with Crippen molar-refractivity contribution in [3.63, 3.8) is 0 Å². The van der Waals surface area contributed by atoms with E-state index >= 15 is 0 Å². The molecule has 0 radical (unpaired) electrons. The summed E-state index contributed by atoms with van der Waals surface area (Å²) in [5.41, 5.74) is 2.10. The largest absolute Gasteiger partial charge is 0.462 e. The standard InChI is InChI=1S/C28H33N3O4/c1-2-3-20-35-28(34)23-11-13-24(14-12-23)31-26(32)21-25(27(31)33)30-18-16-29(17-19-30)15-7-10-22-8-5-4-6-9-22/h4-14,25H,2-3,15-21H2,1H3/b10-7+/t25-/m1/s1. The van der Waals surface area contributed by atoms with Crippen molar-refractivity contribution in [2.45, 2.75) is 32.2 Å². The van der Waals surface area contributed by atoms with Gasteiger partial charge in [-0.05, 0) is 36.2 Å². The van der Waals surface area contributed by atoms with Gasteiger partial charge in [0.2, 0.25) is 5.91 Å². The molecule has 2 saturated heterocycles. The van der Waals surface area contributed by atoms with E-state index in [1.54, 1.807) is 24.3 Å². The van der Waals surface area contributed by atoms with Crippen molar-refractivity contribution < 1.29 is 19.1 Å². The molecule has 0 N–H and O–H groups in total. The van der Waals surface area contributed by atoms with Crippen LogP contribution in [0.2, 0.25) is 0 Å². The van der Waals surface area contributed by atoms with E-state index in [0.29, 0.717) is 17.9 Å². The lowest BCUT2D eigenvalue weighted by molar-refractivity contribution is -0.123. The second kappa shape index (κ2) is 11.9. The van der Waals surface area contributed by atoms with Crippen LogP contribution in [0.1, 0.15) is 42.1 Å². The fraction of sp³-hybridized carbons (Fsp3) is 0.393. The zero-order chi connectivity index (χ0) is 24.6. The first-order valence-electron chi connectivity index (χ1n) is 12.4. The third kappa shape index (κ3) is 6.24. The number of piperazine rings is 1. The molecule has 0 spiro atoms. The molecule has 2 aromatic carbocycles. The van der Waals surface area contributed by atoms with E-state index in [1.165, 1.54) is 10.5 Å². The fourth-order valence-corrected chi connectivity index (χ4v) is 4.47. The van der Waals surface area contributed by atoms with Gasteiger partial charge in [-0.3, -0.25) is 19.4 Å². The Morgan fingerprint density at radius 1 is 1.00 bits per heavy atom. The first-order valence-corrected chi connectivity index (χ1v) is 12.4. The second-order valence-corrected chi connectivity index (χ2v) is 8.97. The van der Waals surface area contributed by atoms with Crippen LogP contribution < -0.4 is 4.90 Å². The van der Waals surface area contributed by atoms with Crippen LogP contribution in [0.3, 0.4) is 0 Å². The van der Waals surface area contributed by atoms with Gasteiger partial charge in [-0.25, -0.2) is 9.69 Å². The predicted octanol–water partition coefficient (Wildman–Crippen LogP) is 3.61. The molecule has 0 bridgehead atoms. The number of nitrogens with zero attached hydrogens (tertiary/aromatic N) is 3. The summed E-state index contributed by atoms with van der Waals surface area (Å²) in [5.74, 6) is -0.782. The Hall–Kier alpha value is -3.29. The molecule has 0 aliphatic carbocycles. The van der Waals surface area contributed by atoms with Gasteiger partial charge in [-0.2, -0.15) is 0 Å². The minimum absolute atomic E-state index is 0.188. The summed E-state index contributed by atoms with van der Waals surface area (Å²) in [5, 5.41) is 0. The highest BCUT2D eigenvalue weighted by molar-refractivity contribution is 6.22. The van der Waals surface area contributed by atoms with Crippen LogP contribution in [0.4, 0.5) is 5.69 Å². The summed E-state index contributed by atoms with van der Waals surface area (Å²) >= 11 is 0. The Labute approximate surface area is 207 Å². The van der Waals surface area contributed by atoms with Gasteiger partial charge in [0.25, 0.3) is 5.91 Å². The molecule has 7 heteroatoms. The van der Waals surface area contributed by atoms with Crippen molar-refractivity contribution >= 4 is 29.5 Å². The van der Waals surface area contributed by atoms with Gasteiger partial charge < -0.3 is 4.74 Å². The van der Waals surface area contributed by atoms with E-state index in [1.807, 2.05) is 25.1 Å². The number of esters is 1. The lowest BCUT2D eigenvalue weighted by atomic mass is 10.1. The highest BCUT2D eigenvalue weighted by atomic mass is 16.5. The minimum Gasteiger partial charge on any atom is -0.462 e. The van der Waals surface area contributed by atoms with Crippen LogP contribution in [0.15, 0.2) is 60.7 Å². The number of imide groups is 1. The van der Waals surface area contributed by atoms with Crippen molar-refractivity contribution in [2.75, 3.05) is 44.2 Å². The van der Waals surface area contributed by atoms with E-state index in [-0.39, 0.29) is 18.2 Å². The number of carbonyl (C=O) groups excluding carboxylic acids is 3. The summed E-state index contributed by atoms with van der Waals surface area (Å²) in [4.78, 5) is 43.8. The van der Waals surface area contributed by atoms with Gasteiger partial charge >= 0.3 is 5.97 Å². The molecule has 35 heavy (non-hydrogen) atoms. The molecule has 2 aliphatic heterocycles. The van der Waals surface area contributed by atoms with Gasteiger partial charge in [-0.15, -0.1) is 0 Å². The molecular weight excluding hydrogens is 442 g/mol. The molecule has 0 aromatic heterocycles. The Morgan fingerprint density at radius 2 is 1.71 bits per heavy atom. The van der Waals surface area contributed by atoms with Crippen molar-refractivity contribution in [3.8, 4) is 0 Å². The number of hydrogen-bond donors (Lipinski definition) is 0. The molecule has 2 amide bonds. The Kier molecular flexibility index (Phi) is 8.45. The quantitative estimate of drug-likeness (QED) is 0.314. The van der Waals surface area contributed by atoms with E-state index in [9.17, 15) is 14.4 Å². The third-order valence-electron chi connectivity index (χ3n) is 6.54.